The highest BCUT2D eigenvalue weighted by Crippen LogP contribution is 2.28. The summed E-state index contributed by atoms with van der Waals surface area (Å²) >= 11 is 0. The van der Waals surface area contributed by atoms with E-state index in [2.05, 4.69) is 15.4 Å². The monoisotopic (exact) mass is 272 g/mol. The second-order valence-corrected chi connectivity index (χ2v) is 5.39. The summed E-state index contributed by atoms with van der Waals surface area (Å²) in [5, 5.41) is 7.97. The molecular formula is C15H20N4O. The van der Waals surface area contributed by atoms with Crippen LogP contribution in [0.15, 0.2) is 18.3 Å². The van der Waals surface area contributed by atoms with Crippen molar-refractivity contribution >= 4 is 0 Å². The van der Waals surface area contributed by atoms with Crippen molar-refractivity contribution < 1.29 is 4.74 Å². The van der Waals surface area contributed by atoms with Gasteiger partial charge in [-0.3, -0.25) is 4.98 Å². The molecule has 1 fully saturated rings. The molecule has 1 N–H and O–H groups in total. The van der Waals surface area contributed by atoms with Crippen molar-refractivity contribution in [1.82, 2.24) is 20.1 Å². The molecule has 0 saturated heterocycles. The Bertz CT molecular complexity index is 599. The minimum atomic E-state index is 0.670. The summed E-state index contributed by atoms with van der Waals surface area (Å²) in [4.78, 5) is 4.26. The molecule has 0 radical (unpaired) electrons. The second-order valence-electron chi connectivity index (χ2n) is 5.39. The Kier molecular flexibility index (Phi) is 3.44. The van der Waals surface area contributed by atoms with Gasteiger partial charge in [-0.2, -0.15) is 5.10 Å². The van der Waals surface area contributed by atoms with Crippen LogP contribution >= 0.6 is 0 Å². The van der Waals surface area contributed by atoms with Crippen LogP contribution in [0, 0.1) is 13.8 Å². The molecule has 0 aliphatic heterocycles. The standard InChI is InChI=1S/C15H20N4O/c1-10-4-7-13(8-16-10)20-15-14(9-17-12-5-6-12)11(2)18-19(15)3/h4,7-8,12,17H,5-6,9H2,1-3H3. The smallest absolute Gasteiger partial charge is 0.222 e. The Hall–Kier alpha value is -1.88. The summed E-state index contributed by atoms with van der Waals surface area (Å²) < 4.78 is 7.76. The van der Waals surface area contributed by atoms with E-state index >= 15 is 0 Å². The van der Waals surface area contributed by atoms with Gasteiger partial charge in [0.2, 0.25) is 5.88 Å². The SMILES string of the molecule is Cc1ccc(Oc2c(CNC3CC3)c(C)nn2C)cn1. The molecule has 0 amide bonds. The van der Waals surface area contributed by atoms with Crippen LogP contribution in [0.3, 0.4) is 0 Å². The quantitative estimate of drug-likeness (QED) is 0.908. The molecule has 1 saturated carbocycles. The first-order valence-electron chi connectivity index (χ1n) is 7.00. The van der Waals surface area contributed by atoms with Gasteiger partial charge in [-0.1, -0.05) is 0 Å². The lowest BCUT2D eigenvalue weighted by atomic mass is 10.2. The fourth-order valence-electron chi connectivity index (χ4n) is 2.17. The number of ether oxygens (including phenoxy) is 1. The third kappa shape index (κ3) is 2.82. The molecule has 2 heterocycles. The van der Waals surface area contributed by atoms with Crippen molar-refractivity contribution in [2.45, 2.75) is 39.3 Å². The summed E-state index contributed by atoms with van der Waals surface area (Å²) in [6.45, 7) is 4.78. The van der Waals surface area contributed by atoms with Crippen LogP contribution in [0.1, 0.15) is 29.8 Å². The van der Waals surface area contributed by atoms with Crippen molar-refractivity contribution in [3.05, 3.63) is 35.3 Å². The fourth-order valence-corrected chi connectivity index (χ4v) is 2.17. The summed E-state index contributed by atoms with van der Waals surface area (Å²) in [6, 6.07) is 4.55. The number of hydrogen-bond acceptors (Lipinski definition) is 4. The molecule has 1 aliphatic carbocycles. The van der Waals surface area contributed by atoms with Crippen LogP contribution in [0.4, 0.5) is 0 Å². The van der Waals surface area contributed by atoms with Gasteiger partial charge in [-0.25, -0.2) is 4.68 Å². The van der Waals surface area contributed by atoms with Crippen LogP contribution in [-0.4, -0.2) is 20.8 Å². The zero-order valence-electron chi connectivity index (χ0n) is 12.2. The summed E-state index contributed by atoms with van der Waals surface area (Å²) in [7, 11) is 1.91. The van der Waals surface area contributed by atoms with E-state index in [-0.39, 0.29) is 0 Å². The zero-order chi connectivity index (χ0) is 14.1. The average Bonchev–Trinajstić information content (AvgIpc) is 3.19. The Morgan fingerprint density at radius 1 is 1.35 bits per heavy atom. The third-order valence-corrected chi connectivity index (χ3v) is 3.53. The molecule has 106 valence electrons. The lowest BCUT2D eigenvalue weighted by molar-refractivity contribution is 0.422. The van der Waals surface area contributed by atoms with Gasteiger partial charge in [0, 0.05) is 25.3 Å². The lowest BCUT2D eigenvalue weighted by Gasteiger charge is -2.09. The highest BCUT2D eigenvalue weighted by Gasteiger charge is 2.23. The Balaban J connectivity index is 1.81. The summed E-state index contributed by atoms with van der Waals surface area (Å²) in [5.41, 5.74) is 3.12. The van der Waals surface area contributed by atoms with Gasteiger partial charge in [0.1, 0.15) is 5.75 Å². The predicted molar refractivity (Wildman–Crippen MR) is 76.9 cm³/mol. The molecule has 0 bridgehead atoms. The predicted octanol–water partition coefficient (Wildman–Crippen LogP) is 2.48. The molecule has 0 aromatic carbocycles. The number of rotatable bonds is 5. The number of hydrogen-bond donors (Lipinski definition) is 1. The zero-order valence-corrected chi connectivity index (χ0v) is 12.2. The van der Waals surface area contributed by atoms with Gasteiger partial charge in [0.25, 0.3) is 0 Å². The molecule has 1 aliphatic rings. The Morgan fingerprint density at radius 2 is 2.15 bits per heavy atom. The normalized spacial score (nSPS) is 14.6. The number of nitrogens with one attached hydrogen (secondary N) is 1. The minimum Gasteiger partial charge on any atom is -0.437 e. The van der Waals surface area contributed by atoms with Gasteiger partial charge in [0.05, 0.1) is 17.5 Å². The first-order valence-corrected chi connectivity index (χ1v) is 7.00. The van der Waals surface area contributed by atoms with E-state index in [0.717, 1.165) is 35.1 Å². The molecular weight excluding hydrogens is 252 g/mol. The second kappa shape index (κ2) is 5.25. The Morgan fingerprint density at radius 3 is 2.80 bits per heavy atom. The molecule has 0 spiro atoms. The molecule has 5 nitrogen and oxygen atoms in total. The number of nitrogens with zero attached hydrogens (tertiary/aromatic N) is 3. The maximum atomic E-state index is 5.97. The first kappa shape index (κ1) is 13.1. The maximum Gasteiger partial charge on any atom is 0.222 e. The van der Waals surface area contributed by atoms with Crippen LogP contribution in [0.2, 0.25) is 0 Å². The van der Waals surface area contributed by atoms with Crippen LogP contribution in [0.5, 0.6) is 11.6 Å². The molecule has 0 atom stereocenters. The average molecular weight is 272 g/mol. The van der Waals surface area contributed by atoms with Crippen molar-refractivity contribution in [3.63, 3.8) is 0 Å². The van der Waals surface area contributed by atoms with E-state index in [1.165, 1.54) is 12.8 Å². The van der Waals surface area contributed by atoms with E-state index < -0.39 is 0 Å². The van der Waals surface area contributed by atoms with Gasteiger partial charge < -0.3 is 10.1 Å². The van der Waals surface area contributed by atoms with Crippen LogP contribution in [-0.2, 0) is 13.6 Å². The lowest BCUT2D eigenvalue weighted by Crippen LogP contribution is -2.16. The first-order chi connectivity index (χ1) is 9.63. The number of pyridine rings is 1. The van der Waals surface area contributed by atoms with E-state index in [1.54, 1.807) is 10.9 Å². The topological polar surface area (TPSA) is 52.0 Å². The van der Waals surface area contributed by atoms with Crippen LogP contribution in [0.25, 0.3) is 0 Å². The molecule has 20 heavy (non-hydrogen) atoms. The van der Waals surface area contributed by atoms with Gasteiger partial charge in [-0.15, -0.1) is 0 Å². The molecule has 2 aromatic rings. The van der Waals surface area contributed by atoms with Crippen LogP contribution < -0.4 is 10.1 Å². The van der Waals surface area contributed by atoms with E-state index in [1.807, 2.05) is 33.0 Å². The summed E-state index contributed by atoms with van der Waals surface area (Å²) in [5.74, 6) is 1.53. The Labute approximate surface area is 119 Å². The highest BCUT2D eigenvalue weighted by molar-refractivity contribution is 5.35. The molecule has 5 heteroatoms. The largest absolute Gasteiger partial charge is 0.437 e. The number of aromatic nitrogens is 3. The fraction of sp³-hybridized carbons (Fsp3) is 0.467. The molecule has 2 aromatic heterocycles. The van der Waals surface area contributed by atoms with E-state index in [4.69, 9.17) is 4.74 Å². The minimum absolute atomic E-state index is 0.670. The van der Waals surface area contributed by atoms with Crippen molar-refractivity contribution in [2.24, 2.45) is 7.05 Å². The number of aryl methyl sites for hydroxylation is 3. The molecule has 3 rings (SSSR count). The van der Waals surface area contributed by atoms with Gasteiger partial charge >= 0.3 is 0 Å². The van der Waals surface area contributed by atoms with Crippen molar-refractivity contribution in [2.75, 3.05) is 0 Å². The van der Waals surface area contributed by atoms with E-state index in [0.29, 0.717) is 6.04 Å². The van der Waals surface area contributed by atoms with Gasteiger partial charge in [-0.05, 0) is 38.8 Å². The summed E-state index contributed by atoms with van der Waals surface area (Å²) in [6.07, 6.45) is 4.30. The van der Waals surface area contributed by atoms with Gasteiger partial charge in [0.15, 0.2) is 0 Å². The molecule has 0 unspecified atom stereocenters. The maximum absolute atomic E-state index is 5.97. The highest BCUT2D eigenvalue weighted by atomic mass is 16.5. The van der Waals surface area contributed by atoms with Crippen molar-refractivity contribution in [1.29, 1.82) is 0 Å². The van der Waals surface area contributed by atoms with E-state index in [9.17, 15) is 0 Å². The third-order valence-electron chi connectivity index (χ3n) is 3.53. The van der Waals surface area contributed by atoms with Crippen molar-refractivity contribution in [3.8, 4) is 11.6 Å².